The molecule has 10 heteroatoms. The minimum atomic E-state index is -3.62. The first-order valence-electron chi connectivity index (χ1n) is 8.85. The quantitative estimate of drug-likeness (QED) is 0.705. The van der Waals surface area contributed by atoms with Gasteiger partial charge in [-0.25, -0.2) is 13.1 Å². The van der Waals surface area contributed by atoms with Crippen molar-refractivity contribution in [1.82, 2.24) is 14.1 Å². The topological polar surface area (TPSA) is 108 Å². The van der Waals surface area contributed by atoms with E-state index in [9.17, 15) is 13.2 Å². The molecule has 1 N–H and O–H groups in total. The van der Waals surface area contributed by atoms with Crippen LogP contribution < -0.4 is 5.32 Å². The summed E-state index contributed by atoms with van der Waals surface area (Å²) >= 11 is 3.33. The molecule has 1 aliphatic heterocycles. The number of hydrogen-bond acceptors (Lipinski definition) is 5. The first-order chi connectivity index (χ1) is 13.3. The zero-order valence-corrected chi connectivity index (χ0v) is 17.8. The van der Waals surface area contributed by atoms with E-state index in [0.717, 1.165) is 12.8 Å². The molecule has 0 unspecified atom stereocenters. The highest BCUT2D eigenvalue weighted by molar-refractivity contribution is 9.10. The van der Waals surface area contributed by atoms with Crippen molar-refractivity contribution in [2.75, 3.05) is 18.4 Å². The maximum atomic E-state index is 12.8. The highest BCUT2D eigenvalue weighted by atomic mass is 79.9. The van der Waals surface area contributed by atoms with Crippen molar-refractivity contribution in [3.05, 3.63) is 40.0 Å². The molecule has 2 heterocycles. The van der Waals surface area contributed by atoms with E-state index < -0.39 is 15.9 Å². The van der Waals surface area contributed by atoms with Crippen LogP contribution in [0.15, 0.2) is 33.6 Å². The molecule has 0 bridgehead atoms. The summed E-state index contributed by atoms with van der Waals surface area (Å²) in [6.07, 6.45) is 1.95. The molecule has 1 aliphatic rings. The molecule has 0 saturated carbocycles. The molecule has 0 spiro atoms. The van der Waals surface area contributed by atoms with Crippen LogP contribution in [-0.2, 0) is 16.6 Å². The number of amides is 1. The fraction of sp³-hybridized carbons (Fsp3) is 0.389. The highest BCUT2D eigenvalue weighted by Crippen LogP contribution is 2.26. The summed E-state index contributed by atoms with van der Waals surface area (Å²) in [6.45, 7) is 3.14. The molecule has 2 aromatic rings. The summed E-state index contributed by atoms with van der Waals surface area (Å²) in [4.78, 5) is 12.9. The van der Waals surface area contributed by atoms with Crippen molar-refractivity contribution in [2.24, 2.45) is 0 Å². The number of rotatable bonds is 6. The highest BCUT2D eigenvalue weighted by Gasteiger charge is 2.28. The second-order valence-electron chi connectivity index (χ2n) is 6.51. The number of halogens is 1. The lowest BCUT2D eigenvalue weighted by atomic mass is 10.2. The lowest BCUT2D eigenvalue weighted by molar-refractivity contribution is 0.102. The van der Waals surface area contributed by atoms with Gasteiger partial charge in [-0.05, 0) is 53.9 Å². The second kappa shape index (κ2) is 8.43. The van der Waals surface area contributed by atoms with Crippen LogP contribution in [0.2, 0.25) is 0 Å². The number of carbonyl (C=O) groups excluding carboxylic acids is 1. The number of aryl methyl sites for hydroxylation is 2. The van der Waals surface area contributed by atoms with Crippen molar-refractivity contribution in [3.8, 4) is 6.07 Å². The van der Waals surface area contributed by atoms with Crippen LogP contribution in [0.25, 0.3) is 0 Å². The monoisotopic (exact) mass is 465 g/mol. The average Bonchev–Trinajstić information content (AvgIpc) is 3.30. The third-order valence-electron chi connectivity index (χ3n) is 4.46. The van der Waals surface area contributed by atoms with E-state index in [2.05, 4.69) is 26.3 Å². The van der Waals surface area contributed by atoms with Gasteiger partial charge < -0.3 is 5.32 Å². The molecule has 1 aromatic carbocycles. The van der Waals surface area contributed by atoms with E-state index in [4.69, 9.17) is 5.26 Å². The largest absolute Gasteiger partial charge is 0.307 e. The number of sulfonamides is 1. The van der Waals surface area contributed by atoms with Gasteiger partial charge in [0.25, 0.3) is 5.91 Å². The van der Waals surface area contributed by atoms with E-state index in [0.29, 0.717) is 35.6 Å². The maximum absolute atomic E-state index is 12.8. The standard InChI is InChI=1S/C18H20BrN5O3S/c1-13-11-17(24(22-13)10-4-7-20)21-18(25)15-12-14(5-6-16(15)19)28(26,27)23-8-2-3-9-23/h5-6,11-12H,2-4,8-10H2,1H3,(H,21,25). The van der Waals surface area contributed by atoms with Gasteiger partial charge >= 0.3 is 0 Å². The van der Waals surface area contributed by atoms with Crippen LogP contribution >= 0.6 is 15.9 Å². The summed E-state index contributed by atoms with van der Waals surface area (Å²) in [6, 6.07) is 8.19. The Morgan fingerprint density at radius 1 is 1.32 bits per heavy atom. The fourth-order valence-electron chi connectivity index (χ4n) is 3.07. The number of carbonyl (C=O) groups is 1. The van der Waals surface area contributed by atoms with E-state index in [1.54, 1.807) is 23.7 Å². The first kappa shape index (κ1) is 20.5. The number of anilines is 1. The Labute approximate surface area is 172 Å². The van der Waals surface area contributed by atoms with Gasteiger partial charge in [-0.15, -0.1) is 0 Å². The van der Waals surface area contributed by atoms with Gasteiger partial charge in [-0.3, -0.25) is 4.79 Å². The van der Waals surface area contributed by atoms with Crippen molar-refractivity contribution in [3.63, 3.8) is 0 Å². The van der Waals surface area contributed by atoms with Crippen molar-refractivity contribution >= 4 is 37.7 Å². The number of nitriles is 1. The normalized spacial score (nSPS) is 14.8. The summed E-state index contributed by atoms with van der Waals surface area (Å²) in [7, 11) is -3.62. The third kappa shape index (κ3) is 4.27. The number of benzene rings is 1. The summed E-state index contributed by atoms with van der Waals surface area (Å²) < 4.78 is 29.1. The Hall–Kier alpha value is -2.22. The summed E-state index contributed by atoms with van der Waals surface area (Å²) in [5, 5.41) is 15.8. The molecule has 148 valence electrons. The van der Waals surface area contributed by atoms with Crippen LogP contribution in [0, 0.1) is 18.3 Å². The Morgan fingerprint density at radius 2 is 2.04 bits per heavy atom. The predicted octanol–water partition coefficient (Wildman–Crippen LogP) is 2.90. The van der Waals surface area contributed by atoms with Gasteiger partial charge in [0.05, 0.1) is 35.2 Å². The molecular formula is C18H20BrN5O3S. The van der Waals surface area contributed by atoms with E-state index in [-0.39, 0.29) is 16.9 Å². The smallest absolute Gasteiger partial charge is 0.257 e. The molecule has 3 rings (SSSR count). The first-order valence-corrected chi connectivity index (χ1v) is 11.1. The number of nitrogens with zero attached hydrogens (tertiary/aromatic N) is 4. The van der Waals surface area contributed by atoms with Crippen LogP contribution in [0.4, 0.5) is 5.82 Å². The van der Waals surface area contributed by atoms with Crippen molar-refractivity contribution < 1.29 is 13.2 Å². The molecule has 0 radical (unpaired) electrons. The van der Waals surface area contributed by atoms with Crippen molar-refractivity contribution in [2.45, 2.75) is 37.6 Å². The fourth-order valence-corrected chi connectivity index (χ4v) is 5.04. The molecule has 1 aromatic heterocycles. The third-order valence-corrected chi connectivity index (χ3v) is 7.05. The molecule has 28 heavy (non-hydrogen) atoms. The number of hydrogen-bond donors (Lipinski definition) is 1. The van der Waals surface area contributed by atoms with Gasteiger partial charge in [0, 0.05) is 23.6 Å². The lowest BCUT2D eigenvalue weighted by Crippen LogP contribution is -2.28. The van der Waals surface area contributed by atoms with Gasteiger partial charge in [0.2, 0.25) is 10.0 Å². The van der Waals surface area contributed by atoms with Crippen LogP contribution in [-0.4, -0.2) is 41.5 Å². The minimum Gasteiger partial charge on any atom is -0.307 e. The summed E-state index contributed by atoms with van der Waals surface area (Å²) in [5.41, 5.74) is 0.920. The van der Waals surface area contributed by atoms with Crippen molar-refractivity contribution in [1.29, 1.82) is 5.26 Å². The van der Waals surface area contributed by atoms with Crippen LogP contribution in [0.1, 0.15) is 35.3 Å². The SMILES string of the molecule is Cc1cc(NC(=O)c2cc(S(=O)(=O)N3CCCC3)ccc2Br)n(CCC#N)n1. The summed E-state index contributed by atoms with van der Waals surface area (Å²) in [5.74, 6) is 0.000840. The van der Waals surface area contributed by atoms with Gasteiger partial charge in [-0.2, -0.15) is 14.7 Å². The predicted molar refractivity (Wildman–Crippen MR) is 107 cm³/mol. The molecule has 1 amide bonds. The van der Waals surface area contributed by atoms with E-state index in [1.807, 2.05) is 6.07 Å². The van der Waals surface area contributed by atoms with Crippen LogP contribution in [0.5, 0.6) is 0 Å². The molecule has 0 atom stereocenters. The van der Waals surface area contributed by atoms with E-state index in [1.165, 1.54) is 16.4 Å². The van der Waals surface area contributed by atoms with Gasteiger partial charge in [-0.1, -0.05) is 0 Å². The molecule has 0 aliphatic carbocycles. The average molecular weight is 466 g/mol. The van der Waals surface area contributed by atoms with E-state index >= 15 is 0 Å². The minimum absolute atomic E-state index is 0.0944. The number of aromatic nitrogens is 2. The molecular weight excluding hydrogens is 446 g/mol. The molecule has 1 fully saturated rings. The Balaban J connectivity index is 1.88. The van der Waals surface area contributed by atoms with Crippen LogP contribution in [0.3, 0.4) is 0 Å². The maximum Gasteiger partial charge on any atom is 0.257 e. The Bertz CT molecular complexity index is 1040. The molecule has 1 saturated heterocycles. The lowest BCUT2D eigenvalue weighted by Gasteiger charge is -2.16. The van der Waals surface area contributed by atoms with Gasteiger partial charge in [0.15, 0.2) is 0 Å². The second-order valence-corrected chi connectivity index (χ2v) is 9.30. The zero-order chi connectivity index (χ0) is 20.3. The number of nitrogens with one attached hydrogen (secondary N) is 1. The zero-order valence-electron chi connectivity index (χ0n) is 15.4. The Kier molecular flexibility index (Phi) is 6.17. The van der Waals surface area contributed by atoms with Gasteiger partial charge in [0.1, 0.15) is 5.82 Å². The Morgan fingerprint density at radius 3 is 2.71 bits per heavy atom. The molecule has 8 nitrogen and oxygen atoms in total.